The Bertz CT molecular complexity index is 972. The second kappa shape index (κ2) is 8.42. The van der Waals surface area contributed by atoms with Crippen molar-refractivity contribution < 1.29 is 23.9 Å². The standard InChI is InChI=1S/C20H17IN2O5/c1-3-28-16-11-12(10-15(21)17(16)27-2)9-14-18(24)22-20(26)23(19(14)25)13-7-5-4-6-8-13/h4-11H,3H2,1-2H3,(H,22,24,26)/b14-9+. The molecule has 144 valence electrons. The molecule has 7 nitrogen and oxygen atoms in total. The molecule has 1 aliphatic rings. The molecule has 2 aromatic carbocycles. The number of benzene rings is 2. The van der Waals surface area contributed by atoms with E-state index in [1.807, 2.05) is 6.92 Å². The predicted molar refractivity (Wildman–Crippen MR) is 112 cm³/mol. The Morgan fingerprint density at radius 1 is 1.14 bits per heavy atom. The number of urea groups is 1. The molecule has 0 unspecified atom stereocenters. The maximum Gasteiger partial charge on any atom is 0.335 e. The van der Waals surface area contributed by atoms with Crippen LogP contribution in [0.3, 0.4) is 0 Å². The maximum atomic E-state index is 12.9. The van der Waals surface area contributed by atoms with Gasteiger partial charge in [-0.1, -0.05) is 18.2 Å². The predicted octanol–water partition coefficient (Wildman–Crippen LogP) is 3.36. The SMILES string of the molecule is CCOc1cc(/C=C2\C(=O)NC(=O)N(c3ccccc3)C2=O)cc(I)c1OC. The second-order valence-electron chi connectivity index (χ2n) is 5.76. The number of imide groups is 2. The van der Waals surface area contributed by atoms with Crippen molar-refractivity contribution in [1.82, 2.24) is 5.32 Å². The minimum absolute atomic E-state index is 0.146. The van der Waals surface area contributed by atoms with Gasteiger partial charge in [-0.3, -0.25) is 14.9 Å². The monoisotopic (exact) mass is 492 g/mol. The minimum atomic E-state index is -0.780. The summed E-state index contributed by atoms with van der Waals surface area (Å²) < 4.78 is 11.7. The lowest BCUT2D eigenvalue weighted by atomic mass is 10.1. The van der Waals surface area contributed by atoms with Crippen molar-refractivity contribution in [2.75, 3.05) is 18.6 Å². The van der Waals surface area contributed by atoms with Crippen LogP contribution in [-0.4, -0.2) is 31.6 Å². The Kier molecular flexibility index (Phi) is 5.98. The Balaban J connectivity index is 2.04. The number of methoxy groups -OCH3 is 1. The molecular weight excluding hydrogens is 475 g/mol. The fraction of sp³-hybridized carbons (Fsp3) is 0.150. The topological polar surface area (TPSA) is 84.9 Å². The molecule has 0 bridgehead atoms. The number of hydrogen-bond acceptors (Lipinski definition) is 5. The third-order valence-corrected chi connectivity index (χ3v) is 4.76. The van der Waals surface area contributed by atoms with Crippen molar-refractivity contribution in [2.24, 2.45) is 0 Å². The number of carbonyl (C=O) groups is 3. The molecule has 0 atom stereocenters. The van der Waals surface area contributed by atoms with Gasteiger partial charge in [-0.25, -0.2) is 9.69 Å². The van der Waals surface area contributed by atoms with E-state index in [9.17, 15) is 14.4 Å². The van der Waals surface area contributed by atoms with Gasteiger partial charge in [0.1, 0.15) is 5.57 Å². The highest BCUT2D eigenvalue weighted by Gasteiger charge is 2.36. The second-order valence-corrected chi connectivity index (χ2v) is 6.92. The summed E-state index contributed by atoms with van der Waals surface area (Å²) in [5, 5.41) is 2.21. The maximum absolute atomic E-state index is 12.9. The van der Waals surface area contributed by atoms with Gasteiger partial charge in [0.25, 0.3) is 11.8 Å². The van der Waals surface area contributed by atoms with Crippen molar-refractivity contribution in [3.63, 3.8) is 0 Å². The summed E-state index contributed by atoms with van der Waals surface area (Å²) in [7, 11) is 1.54. The van der Waals surface area contributed by atoms with E-state index in [0.717, 1.165) is 8.47 Å². The molecule has 1 N–H and O–H groups in total. The van der Waals surface area contributed by atoms with Gasteiger partial charge in [-0.2, -0.15) is 0 Å². The molecule has 1 aliphatic heterocycles. The van der Waals surface area contributed by atoms with E-state index in [2.05, 4.69) is 27.9 Å². The highest BCUT2D eigenvalue weighted by molar-refractivity contribution is 14.1. The van der Waals surface area contributed by atoms with Gasteiger partial charge >= 0.3 is 6.03 Å². The average molecular weight is 492 g/mol. The van der Waals surface area contributed by atoms with Crippen LogP contribution >= 0.6 is 22.6 Å². The Labute approximate surface area is 175 Å². The molecule has 0 radical (unpaired) electrons. The van der Waals surface area contributed by atoms with Gasteiger partial charge in [-0.15, -0.1) is 0 Å². The van der Waals surface area contributed by atoms with Gasteiger partial charge in [0.05, 0.1) is 23.0 Å². The van der Waals surface area contributed by atoms with E-state index in [-0.39, 0.29) is 5.57 Å². The first-order valence-corrected chi connectivity index (χ1v) is 9.51. The molecule has 3 rings (SSSR count). The molecule has 1 fully saturated rings. The first-order valence-electron chi connectivity index (χ1n) is 8.43. The summed E-state index contributed by atoms with van der Waals surface area (Å²) in [6.07, 6.45) is 1.43. The molecule has 1 saturated heterocycles. The number of anilines is 1. The number of ether oxygens (including phenoxy) is 2. The van der Waals surface area contributed by atoms with Crippen LogP contribution in [0.15, 0.2) is 48.0 Å². The van der Waals surface area contributed by atoms with Crippen LogP contribution in [0.1, 0.15) is 12.5 Å². The van der Waals surface area contributed by atoms with E-state index >= 15 is 0 Å². The molecule has 8 heteroatoms. The first-order chi connectivity index (χ1) is 13.5. The third-order valence-electron chi connectivity index (χ3n) is 3.96. The van der Waals surface area contributed by atoms with Crippen LogP contribution in [0.4, 0.5) is 10.5 Å². The lowest BCUT2D eigenvalue weighted by molar-refractivity contribution is -0.122. The zero-order valence-electron chi connectivity index (χ0n) is 15.2. The molecule has 0 saturated carbocycles. The lowest BCUT2D eigenvalue weighted by Crippen LogP contribution is -2.54. The normalized spacial score (nSPS) is 15.6. The van der Waals surface area contributed by atoms with Crippen LogP contribution in [0.5, 0.6) is 11.5 Å². The molecule has 1 heterocycles. The average Bonchev–Trinajstić information content (AvgIpc) is 2.66. The van der Waals surface area contributed by atoms with Crippen molar-refractivity contribution in [2.45, 2.75) is 6.92 Å². The minimum Gasteiger partial charge on any atom is -0.492 e. The van der Waals surface area contributed by atoms with E-state index in [0.29, 0.717) is 29.4 Å². The van der Waals surface area contributed by atoms with Gasteiger partial charge in [0.15, 0.2) is 11.5 Å². The van der Waals surface area contributed by atoms with Crippen LogP contribution in [0, 0.1) is 3.57 Å². The number of nitrogens with zero attached hydrogens (tertiary/aromatic N) is 1. The number of carbonyl (C=O) groups excluding carboxylic acids is 3. The zero-order valence-corrected chi connectivity index (χ0v) is 17.3. The van der Waals surface area contributed by atoms with Crippen LogP contribution in [0.25, 0.3) is 6.08 Å². The van der Waals surface area contributed by atoms with Gasteiger partial charge < -0.3 is 9.47 Å². The van der Waals surface area contributed by atoms with E-state index in [1.165, 1.54) is 6.08 Å². The Morgan fingerprint density at radius 2 is 1.86 bits per heavy atom. The molecule has 0 aliphatic carbocycles. The van der Waals surface area contributed by atoms with Crippen LogP contribution < -0.4 is 19.7 Å². The van der Waals surface area contributed by atoms with Gasteiger partial charge in [0, 0.05) is 0 Å². The van der Waals surface area contributed by atoms with Crippen LogP contribution in [-0.2, 0) is 9.59 Å². The quantitative estimate of drug-likeness (QED) is 0.393. The fourth-order valence-electron chi connectivity index (χ4n) is 2.77. The number of para-hydroxylation sites is 1. The highest BCUT2D eigenvalue weighted by Crippen LogP contribution is 2.35. The summed E-state index contributed by atoms with van der Waals surface area (Å²) in [6.45, 7) is 2.28. The van der Waals surface area contributed by atoms with Crippen molar-refractivity contribution in [3.8, 4) is 11.5 Å². The molecule has 0 spiro atoms. The van der Waals surface area contributed by atoms with E-state index < -0.39 is 17.8 Å². The Hall–Kier alpha value is -2.88. The fourth-order valence-corrected chi connectivity index (χ4v) is 3.61. The summed E-state index contributed by atoms with van der Waals surface area (Å²) in [5.41, 5.74) is 0.809. The highest BCUT2D eigenvalue weighted by atomic mass is 127. The van der Waals surface area contributed by atoms with E-state index in [4.69, 9.17) is 9.47 Å². The summed E-state index contributed by atoms with van der Waals surface area (Å²) in [5.74, 6) is -0.358. The van der Waals surface area contributed by atoms with Crippen molar-refractivity contribution in [1.29, 1.82) is 0 Å². The van der Waals surface area contributed by atoms with Crippen molar-refractivity contribution in [3.05, 3.63) is 57.2 Å². The molecular formula is C20H17IN2O5. The number of nitrogens with one attached hydrogen (secondary N) is 1. The van der Waals surface area contributed by atoms with Gasteiger partial charge in [-0.05, 0) is 65.4 Å². The van der Waals surface area contributed by atoms with Gasteiger partial charge in [0.2, 0.25) is 0 Å². The number of amides is 4. The molecule has 28 heavy (non-hydrogen) atoms. The van der Waals surface area contributed by atoms with Crippen molar-refractivity contribution >= 4 is 52.2 Å². The summed E-state index contributed by atoms with van der Waals surface area (Å²) >= 11 is 2.09. The lowest BCUT2D eigenvalue weighted by Gasteiger charge is -2.26. The number of halogens is 1. The summed E-state index contributed by atoms with van der Waals surface area (Å²) in [6, 6.07) is 11.1. The molecule has 4 amide bonds. The third kappa shape index (κ3) is 3.86. The summed E-state index contributed by atoms with van der Waals surface area (Å²) in [4.78, 5) is 38.3. The zero-order chi connectivity index (χ0) is 20.3. The number of barbiturate groups is 1. The van der Waals surface area contributed by atoms with Crippen LogP contribution in [0.2, 0.25) is 0 Å². The van der Waals surface area contributed by atoms with E-state index in [1.54, 1.807) is 49.6 Å². The molecule has 2 aromatic rings. The first kappa shape index (κ1) is 19.9. The number of rotatable bonds is 5. The Morgan fingerprint density at radius 3 is 2.50 bits per heavy atom. The molecule has 0 aromatic heterocycles. The number of hydrogen-bond donors (Lipinski definition) is 1. The smallest absolute Gasteiger partial charge is 0.335 e. The largest absolute Gasteiger partial charge is 0.492 e.